The van der Waals surface area contributed by atoms with Crippen LogP contribution in [0.4, 0.5) is 10.5 Å². The predicted molar refractivity (Wildman–Crippen MR) is 101 cm³/mol. The summed E-state index contributed by atoms with van der Waals surface area (Å²) in [6.45, 7) is 4.49. The number of aryl methyl sites for hydroxylation is 2. The van der Waals surface area contributed by atoms with Crippen molar-refractivity contribution in [2.75, 3.05) is 5.32 Å². The van der Waals surface area contributed by atoms with Crippen LogP contribution >= 0.6 is 0 Å². The van der Waals surface area contributed by atoms with Gasteiger partial charge >= 0.3 is 6.03 Å². The molecule has 3 amide bonds. The average molecular weight is 351 g/mol. The quantitative estimate of drug-likeness (QED) is 0.657. The van der Waals surface area contributed by atoms with Gasteiger partial charge in [0.05, 0.1) is 12.7 Å². The fraction of sp³-hybridized carbons (Fsp3) is 0.200. The van der Waals surface area contributed by atoms with E-state index in [-0.39, 0.29) is 12.3 Å². The number of fused-ring (bicyclic) bond motifs is 1. The van der Waals surface area contributed by atoms with Gasteiger partial charge in [-0.2, -0.15) is 0 Å². The van der Waals surface area contributed by atoms with Crippen LogP contribution in [-0.2, 0) is 17.8 Å². The van der Waals surface area contributed by atoms with Crippen LogP contribution in [0.5, 0.6) is 0 Å². The van der Waals surface area contributed by atoms with Crippen molar-refractivity contribution in [3.63, 3.8) is 0 Å². The molecule has 0 unspecified atom stereocenters. The van der Waals surface area contributed by atoms with Crippen molar-refractivity contribution in [1.82, 2.24) is 5.32 Å². The fourth-order valence-electron chi connectivity index (χ4n) is 2.76. The first-order chi connectivity index (χ1) is 12.4. The molecule has 0 atom stereocenters. The van der Waals surface area contributed by atoms with Gasteiger partial charge in [0, 0.05) is 23.2 Å². The van der Waals surface area contributed by atoms with Crippen molar-refractivity contribution in [2.45, 2.75) is 26.8 Å². The summed E-state index contributed by atoms with van der Waals surface area (Å²) in [5, 5.41) is 6.37. The molecule has 0 aliphatic carbocycles. The normalized spacial score (nSPS) is 10.7. The van der Waals surface area contributed by atoms with Crippen molar-refractivity contribution in [1.29, 1.82) is 0 Å². The van der Waals surface area contributed by atoms with E-state index >= 15 is 0 Å². The number of hydrogen-bond acceptors (Lipinski definition) is 3. The zero-order chi connectivity index (χ0) is 18.7. The monoisotopic (exact) mass is 351 g/mol. The number of nitrogens with one attached hydrogen (secondary N) is 2. The minimum atomic E-state index is -0.608. The summed E-state index contributed by atoms with van der Waals surface area (Å²) in [5.74, 6) is -0.0785. The molecule has 0 fully saturated rings. The van der Waals surface area contributed by atoms with E-state index in [1.165, 1.54) is 5.56 Å². The minimum absolute atomic E-state index is 0.0785. The molecule has 0 aliphatic rings. The first kappa shape index (κ1) is 17.5. The molecule has 3 aromatic rings. The van der Waals surface area contributed by atoms with Gasteiger partial charge in [0.25, 0.3) is 0 Å². The standard InChI is InChI=1S/C20H21N3O3/c1-12-7-17-15(11-26-18(17)8-13(12)2)9-19(24)22-10-14-3-5-16(6-4-14)23-20(21)25/h3-8,11H,9-10H2,1-2H3,(H,22,24)(H3,21,23,25). The molecule has 4 N–H and O–H groups in total. The number of hydrogen-bond donors (Lipinski definition) is 3. The van der Waals surface area contributed by atoms with Crippen LogP contribution in [0, 0.1) is 13.8 Å². The van der Waals surface area contributed by atoms with Gasteiger partial charge in [-0.05, 0) is 54.8 Å². The van der Waals surface area contributed by atoms with E-state index in [1.807, 2.05) is 32.0 Å². The van der Waals surface area contributed by atoms with E-state index in [0.29, 0.717) is 12.2 Å². The van der Waals surface area contributed by atoms with E-state index in [9.17, 15) is 9.59 Å². The van der Waals surface area contributed by atoms with E-state index in [4.69, 9.17) is 10.2 Å². The highest BCUT2D eigenvalue weighted by atomic mass is 16.3. The lowest BCUT2D eigenvalue weighted by atomic mass is 10.0. The SMILES string of the molecule is Cc1cc2occ(CC(=O)NCc3ccc(NC(N)=O)cc3)c2cc1C. The van der Waals surface area contributed by atoms with Gasteiger partial charge in [0.2, 0.25) is 5.91 Å². The summed E-state index contributed by atoms with van der Waals surface area (Å²) in [6, 6.07) is 10.6. The van der Waals surface area contributed by atoms with E-state index in [0.717, 1.165) is 27.7 Å². The van der Waals surface area contributed by atoms with Gasteiger partial charge < -0.3 is 20.8 Å². The molecule has 6 heteroatoms. The molecule has 3 rings (SSSR count). The number of urea groups is 1. The Morgan fingerprint density at radius 1 is 1.08 bits per heavy atom. The highest BCUT2D eigenvalue weighted by Gasteiger charge is 2.11. The summed E-state index contributed by atoms with van der Waals surface area (Å²) >= 11 is 0. The Hall–Kier alpha value is -3.28. The maximum atomic E-state index is 12.3. The average Bonchev–Trinajstić information content (AvgIpc) is 2.96. The highest BCUT2D eigenvalue weighted by Crippen LogP contribution is 2.25. The molecule has 0 aliphatic heterocycles. The number of rotatable bonds is 5. The number of furan rings is 1. The van der Waals surface area contributed by atoms with Gasteiger partial charge in [-0.25, -0.2) is 4.79 Å². The first-order valence-electron chi connectivity index (χ1n) is 8.32. The van der Waals surface area contributed by atoms with Crippen molar-refractivity contribution in [3.05, 3.63) is 64.9 Å². The third-order valence-electron chi connectivity index (χ3n) is 4.33. The lowest BCUT2D eigenvalue weighted by Gasteiger charge is -2.07. The molecule has 134 valence electrons. The number of benzene rings is 2. The third kappa shape index (κ3) is 4.03. The van der Waals surface area contributed by atoms with Crippen LogP contribution in [-0.4, -0.2) is 11.9 Å². The summed E-state index contributed by atoms with van der Waals surface area (Å²) in [5.41, 5.74) is 10.6. The van der Waals surface area contributed by atoms with E-state index in [2.05, 4.69) is 16.7 Å². The second kappa shape index (κ2) is 7.31. The molecule has 26 heavy (non-hydrogen) atoms. The Labute approximate surface area is 151 Å². The van der Waals surface area contributed by atoms with Crippen molar-refractivity contribution >= 4 is 28.6 Å². The molecule has 1 heterocycles. The first-order valence-corrected chi connectivity index (χ1v) is 8.32. The van der Waals surface area contributed by atoms with E-state index in [1.54, 1.807) is 18.4 Å². The Morgan fingerprint density at radius 3 is 2.46 bits per heavy atom. The Bertz CT molecular complexity index is 958. The predicted octanol–water partition coefficient (Wildman–Crippen LogP) is 3.40. The molecule has 0 bridgehead atoms. The second-order valence-corrected chi connectivity index (χ2v) is 6.33. The van der Waals surface area contributed by atoms with Crippen LogP contribution in [0.3, 0.4) is 0 Å². The second-order valence-electron chi connectivity index (χ2n) is 6.33. The Balaban J connectivity index is 1.61. The number of anilines is 1. The summed E-state index contributed by atoms with van der Waals surface area (Å²) < 4.78 is 5.57. The van der Waals surface area contributed by atoms with Gasteiger partial charge in [0.15, 0.2) is 0 Å². The molecule has 0 saturated heterocycles. The lowest BCUT2D eigenvalue weighted by Crippen LogP contribution is -2.24. The van der Waals surface area contributed by atoms with Crippen molar-refractivity contribution in [2.24, 2.45) is 5.73 Å². The van der Waals surface area contributed by atoms with Gasteiger partial charge in [-0.1, -0.05) is 12.1 Å². The van der Waals surface area contributed by atoms with Gasteiger partial charge in [0.1, 0.15) is 5.58 Å². The zero-order valence-corrected chi connectivity index (χ0v) is 14.8. The minimum Gasteiger partial charge on any atom is -0.464 e. The zero-order valence-electron chi connectivity index (χ0n) is 14.8. The van der Waals surface area contributed by atoms with Crippen molar-refractivity contribution < 1.29 is 14.0 Å². The molecular formula is C20H21N3O3. The summed E-state index contributed by atoms with van der Waals surface area (Å²) in [4.78, 5) is 23.1. The number of primary amides is 1. The maximum Gasteiger partial charge on any atom is 0.316 e. The Kier molecular flexibility index (Phi) is 4.93. The number of amides is 3. The van der Waals surface area contributed by atoms with Crippen LogP contribution in [0.25, 0.3) is 11.0 Å². The van der Waals surface area contributed by atoms with Crippen LogP contribution in [0.2, 0.25) is 0 Å². The molecule has 0 saturated carbocycles. The molecule has 6 nitrogen and oxygen atoms in total. The van der Waals surface area contributed by atoms with Gasteiger partial charge in [-0.3, -0.25) is 4.79 Å². The van der Waals surface area contributed by atoms with Gasteiger partial charge in [-0.15, -0.1) is 0 Å². The molecule has 2 aromatic carbocycles. The summed E-state index contributed by atoms with van der Waals surface area (Å²) in [6.07, 6.45) is 1.91. The number of nitrogens with two attached hydrogens (primary N) is 1. The third-order valence-corrected chi connectivity index (χ3v) is 4.33. The van der Waals surface area contributed by atoms with Crippen LogP contribution in [0.15, 0.2) is 47.1 Å². The smallest absolute Gasteiger partial charge is 0.316 e. The number of carbonyl (C=O) groups excluding carboxylic acids is 2. The van der Waals surface area contributed by atoms with E-state index < -0.39 is 6.03 Å². The van der Waals surface area contributed by atoms with Crippen molar-refractivity contribution in [3.8, 4) is 0 Å². The lowest BCUT2D eigenvalue weighted by molar-refractivity contribution is -0.120. The topological polar surface area (TPSA) is 97.4 Å². The maximum absolute atomic E-state index is 12.3. The highest BCUT2D eigenvalue weighted by molar-refractivity contribution is 5.89. The summed E-state index contributed by atoms with van der Waals surface area (Å²) in [7, 11) is 0. The van der Waals surface area contributed by atoms with Crippen LogP contribution in [0.1, 0.15) is 22.3 Å². The van der Waals surface area contributed by atoms with Crippen LogP contribution < -0.4 is 16.4 Å². The fourth-order valence-corrected chi connectivity index (χ4v) is 2.76. The molecule has 0 radical (unpaired) electrons. The largest absolute Gasteiger partial charge is 0.464 e. The Morgan fingerprint density at radius 2 is 1.77 bits per heavy atom. The molecular weight excluding hydrogens is 330 g/mol. The molecule has 0 spiro atoms. The molecule has 1 aromatic heterocycles. The number of carbonyl (C=O) groups is 2.